The first-order chi connectivity index (χ1) is 13.4. The van der Waals surface area contributed by atoms with E-state index in [-0.39, 0.29) is 23.9 Å². The molecule has 4 atom stereocenters. The summed E-state index contributed by atoms with van der Waals surface area (Å²) in [7, 11) is 0. The van der Waals surface area contributed by atoms with Crippen LogP contribution in [0.3, 0.4) is 0 Å². The lowest BCUT2D eigenvalue weighted by Gasteiger charge is -2.18. The maximum atomic E-state index is 12.5. The number of aliphatic imine (C=N–C) groups is 1. The Balaban J connectivity index is 1.69. The number of carboxylic acids is 1. The van der Waals surface area contributed by atoms with Gasteiger partial charge in [0.25, 0.3) is 0 Å². The van der Waals surface area contributed by atoms with Gasteiger partial charge in [-0.15, -0.1) is 0 Å². The lowest BCUT2D eigenvalue weighted by molar-refractivity contribution is -0.140. The van der Waals surface area contributed by atoms with Crippen LogP contribution in [0.4, 0.5) is 0 Å². The SMILES string of the molecule is CCC(CC1=NC2C=CC=CC2C1)C(=O)NCCCCC(NC(C)C)C(=O)O. The highest BCUT2D eigenvalue weighted by Crippen LogP contribution is 2.29. The second-order valence-corrected chi connectivity index (χ2v) is 8.13. The summed E-state index contributed by atoms with van der Waals surface area (Å²) in [5.41, 5.74) is 1.15. The summed E-state index contributed by atoms with van der Waals surface area (Å²) in [5, 5.41) is 15.3. The maximum absolute atomic E-state index is 12.5. The van der Waals surface area contributed by atoms with Crippen LogP contribution in [0, 0.1) is 11.8 Å². The molecule has 1 aliphatic heterocycles. The van der Waals surface area contributed by atoms with E-state index in [0.29, 0.717) is 18.9 Å². The predicted molar refractivity (Wildman–Crippen MR) is 113 cm³/mol. The topological polar surface area (TPSA) is 90.8 Å². The highest BCUT2D eigenvalue weighted by molar-refractivity contribution is 5.91. The number of nitrogens with zero attached hydrogens (tertiary/aromatic N) is 1. The number of rotatable bonds is 12. The summed E-state index contributed by atoms with van der Waals surface area (Å²) in [6, 6.07) is -0.132. The Morgan fingerprint density at radius 2 is 2.00 bits per heavy atom. The molecule has 6 heteroatoms. The minimum Gasteiger partial charge on any atom is -0.480 e. The lowest BCUT2D eigenvalue weighted by atomic mass is 9.91. The fraction of sp³-hybridized carbons (Fsp3) is 0.682. The Morgan fingerprint density at radius 3 is 2.64 bits per heavy atom. The van der Waals surface area contributed by atoms with Crippen LogP contribution < -0.4 is 10.6 Å². The Bertz CT molecular complexity index is 625. The van der Waals surface area contributed by atoms with Crippen molar-refractivity contribution in [1.29, 1.82) is 0 Å². The van der Waals surface area contributed by atoms with Crippen molar-refractivity contribution in [3.8, 4) is 0 Å². The van der Waals surface area contributed by atoms with Crippen LogP contribution >= 0.6 is 0 Å². The van der Waals surface area contributed by atoms with Crippen LogP contribution in [0.1, 0.15) is 59.3 Å². The van der Waals surface area contributed by atoms with Gasteiger partial charge < -0.3 is 15.7 Å². The number of carboxylic acid groups (broad SMARTS) is 1. The van der Waals surface area contributed by atoms with Gasteiger partial charge in [0.15, 0.2) is 0 Å². The summed E-state index contributed by atoms with van der Waals surface area (Å²) in [6.07, 6.45) is 13.1. The molecule has 0 fully saturated rings. The summed E-state index contributed by atoms with van der Waals surface area (Å²) in [6.45, 7) is 6.52. The van der Waals surface area contributed by atoms with Crippen molar-refractivity contribution in [2.45, 2.75) is 77.4 Å². The van der Waals surface area contributed by atoms with E-state index in [1.165, 1.54) is 0 Å². The van der Waals surface area contributed by atoms with Gasteiger partial charge in [-0.2, -0.15) is 0 Å². The number of hydrogen-bond donors (Lipinski definition) is 3. The van der Waals surface area contributed by atoms with Crippen molar-refractivity contribution in [3.05, 3.63) is 24.3 Å². The molecule has 4 unspecified atom stereocenters. The smallest absolute Gasteiger partial charge is 0.320 e. The number of carbonyl (C=O) groups is 2. The van der Waals surface area contributed by atoms with Gasteiger partial charge in [-0.25, -0.2) is 0 Å². The maximum Gasteiger partial charge on any atom is 0.320 e. The van der Waals surface area contributed by atoms with E-state index in [2.05, 4.69) is 28.9 Å². The molecule has 156 valence electrons. The van der Waals surface area contributed by atoms with Gasteiger partial charge in [0.05, 0.1) is 6.04 Å². The molecule has 1 amide bonds. The Hall–Kier alpha value is -1.95. The van der Waals surface area contributed by atoms with Crippen molar-refractivity contribution in [3.63, 3.8) is 0 Å². The minimum absolute atomic E-state index is 0.0405. The van der Waals surface area contributed by atoms with Gasteiger partial charge >= 0.3 is 5.97 Å². The number of nitrogens with one attached hydrogen (secondary N) is 2. The molecule has 1 heterocycles. The van der Waals surface area contributed by atoms with E-state index in [1.807, 2.05) is 26.8 Å². The van der Waals surface area contributed by atoms with Gasteiger partial charge in [0.2, 0.25) is 5.91 Å². The van der Waals surface area contributed by atoms with E-state index in [4.69, 9.17) is 4.99 Å². The van der Waals surface area contributed by atoms with Crippen molar-refractivity contribution < 1.29 is 14.7 Å². The zero-order valence-electron chi connectivity index (χ0n) is 17.4. The molecule has 28 heavy (non-hydrogen) atoms. The number of hydrogen-bond acceptors (Lipinski definition) is 4. The van der Waals surface area contributed by atoms with Crippen LogP contribution in [0.15, 0.2) is 29.3 Å². The van der Waals surface area contributed by atoms with E-state index in [0.717, 1.165) is 37.8 Å². The highest BCUT2D eigenvalue weighted by atomic mass is 16.4. The molecule has 2 aliphatic rings. The van der Waals surface area contributed by atoms with E-state index in [1.54, 1.807) is 0 Å². The number of amides is 1. The normalized spacial score (nSPS) is 22.6. The first-order valence-corrected chi connectivity index (χ1v) is 10.6. The quantitative estimate of drug-likeness (QED) is 0.447. The average molecular weight is 390 g/mol. The monoisotopic (exact) mass is 389 g/mol. The van der Waals surface area contributed by atoms with E-state index in [9.17, 15) is 14.7 Å². The highest BCUT2D eigenvalue weighted by Gasteiger charge is 2.29. The Kier molecular flexibility index (Phi) is 8.90. The standard InChI is InChI=1S/C22H35N3O3/c1-4-16(13-18-14-17-9-5-6-10-19(17)25-18)21(26)23-12-8-7-11-20(22(27)28)24-15(2)3/h5-6,9-10,15-17,19-20,24H,4,7-8,11-14H2,1-3H3,(H,23,26)(H,27,28). The summed E-state index contributed by atoms with van der Waals surface area (Å²) in [5.74, 6) is -0.309. The molecule has 0 aromatic rings. The summed E-state index contributed by atoms with van der Waals surface area (Å²) in [4.78, 5) is 28.6. The third-order valence-electron chi connectivity index (χ3n) is 5.42. The summed E-state index contributed by atoms with van der Waals surface area (Å²) < 4.78 is 0. The molecular formula is C22H35N3O3. The third kappa shape index (κ3) is 6.89. The molecule has 6 nitrogen and oxygen atoms in total. The fourth-order valence-corrected chi connectivity index (χ4v) is 3.86. The molecule has 2 rings (SSSR count). The van der Waals surface area contributed by atoms with Gasteiger partial charge in [0, 0.05) is 30.1 Å². The van der Waals surface area contributed by atoms with Crippen molar-refractivity contribution in [2.24, 2.45) is 16.8 Å². The van der Waals surface area contributed by atoms with E-state index >= 15 is 0 Å². The Morgan fingerprint density at radius 1 is 1.25 bits per heavy atom. The largest absolute Gasteiger partial charge is 0.480 e. The number of aliphatic carboxylic acids is 1. The predicted octanol–water partition coefficient (Wildman–Crippen LogP) is 3.10. The average Bonchev–Trinajstić information content (AvgIpc) is 3.06. The van der Waals surface area contributed by atoms with Gasteiger partial charge in [-0.1, -0.05) is 45.1 Å². The third-order valence-corrected chi connectivity index (χ3v) is 5.42. The van der Waals surface area contributed by atoms with Gasteiger partial charge in [-0.3, -0.25) is 14.6 Å². The Labute approximate surface area is 168 Å². The van der Waals surface area contributed by atoms with Crippen molar-refractivity contribution >= 4 is 17.6 Å². The zero-order chi connectivity index (χ0) is 20.5. The number of fused-ring (bicyclic) bond motifs is 1. The number of carbonyl (C=O) groups excluding carboxylic acids is 1. The van der Waals surface area contributed by atoms with Crippen molar-refractivity contribution in [1.82, 2.24) is 10.6 Å². The van der Waals surface area contributed by atoms with Gasteiger partial charge in [-0.05, 0) is 38.5 Å². The van der Waals surface area contributed by atoms with Crippen LogP contribution in [0.5, 0.6) is 0 Å². The number of allylic oxidation sites excluding steroid dienone is 2. The summed E-state index contributed by atoms with van der Waals surface area (Å²) >= 11 is 0. The molecule has 0 aromatic carbocycles. The molecule has 0 radical (unpaired) electrons. The van der Waals surface area contributed by atoms with Crippen LogP contribution in [0.25, 0.3) is 0 Å². The van der Waals surface area contributed by atoms with Gasteiger partial charge in [0.1, 0.15) is 6.04 Å². The molecule has 0 saturated heterocycles. The van der Waals surface area contributed by atoms with Crippen LogP contribution in [0.2, 0.25) is 0 Å². The fourth-order valence-electron chi connectivity index (χ4n) is 3.86. The van der Waals surface area contributed by atoms with Crippen LogP contribution in [-0.2, 0) is 9.59 Å². The molecule has 1 aliphatic carbocycles. The molecule has 3 N–H and O–H groups in total. The minimum atomic E-state index is -0.814. The molecule has 0 saturated carbocycles. The van der Waals surface area contributed by atoms with Crippen LogP contribution in [-0.4, -0.2) is 47.4 Å². The zero-order valence-corrected chi connectivity index (χ0v) is 17.4. The first kappa shape index (κ1) is 22.3. The first-order valence-electron chi connectivity index (χ1n) is 10.6. The second-order valence-electron chi connectivity index (χ2n) is 8.13. The second kappa shape index (κ2) is 11.1. The van der Waals surface area contributed by atoms with Crippen molar-refractivity contribution in [2.75, 3.05) is 6.54 Å². The number of unbranched alkanes of at least 4 members (excludes halogenated alkanes) is 1. The van der Waals surface area contributed by atoms with E-state index < -0.39 is 12.0 Å². The molecule has 0 bridgehead atoms. The lowest BCUT2D eigenvalue weighted by Crippen LogP contribution is -2.40. The molecular weight excluding hydrogens is 354 g/mol. The molecule has 0 aromatic heterocycles. The molecule has 0 spiro atoms.